The second kappa shape index (κ2) is 6.32. The zero-order chi connectivity index (χ0) is 16.2. The van der Waals surface area contributed by atoms with Crippen LogP contribution in [-0.2, 0) is 0 Å². The van der Waals surface area contributed by atoms with Crippen molar-refractivity contribution in [2.45, 2.75) is 18.9 Å². The fourth-order valence-corrected chi connectivity index (χ4v) is 2.13. The van der Waals surface area contributed by atoms with Crippen LogP contribution in [0.3, 0.4) is 0 Å². The van der Waals surface area contributed by atoms with Crippen LogP contribution in [-0.4, -0.2) is 17.9 Å². The first kappa shape index (κ1) is 14.8. The number of nitriles is 1. The first-order chi connectivity index (χ1) is 11.2. The number of carbonyl (C=O) groups excluding carboxylic acids is 2. The number of hydrogen-bond donors (Lipinski definition) is 2. The van der Waals surface area contributed by atoms with Crippen LogP contribution < -0.4 is 10.6 Å². The van der Waals surface area contributed by atoms with Crippen molar-refractivity contribution < 1.29 is 9.59 Å². The lowest BCUT2D eigenvalue weighted by Gasteiger charge is -2.07. The number of hydrogen-bond acceptors (Lipinski definition) is 3. The van der Waals surface area contributed by atoms with Gasteiger partial charge in [-0.3, -0.25) is 9.59 Å². The van der Waals surface area contributed by atoms with E-state index in [1.165, 1.54) is 0 Å². The predicted molar refractivity (Wildman–Crippen MR) is 86.0 cm³/mol. The summed E-state index contributed by atoms with van der Waals surface area (Å²) >= 11 is 0. The summed E-state index contributed by atoms with van der Waals surface area (Å²) in [6, 6.07) is 15.5. The van der Waals surface area contributed by atoms with Crippen molar-refractivity contribution in [2.24, 2.45) is 0 Å². The van der Waals surface area contributed by atoms with E-state index in [2.05, 4.69) is 10.6 Å². The van der Waals surface area contributed by atoms with Crippen LogP contribution in [0.15, 0.2) is 48.5 Å². The Morgan fingerprint density at radius 3 is 2.26 bits per heavy atom. The van der Waals surface area contributed by atoms with Crippen molar-refractivity contribution in [2.75, 3.05) is 5.32 Å². The van der Waals surface area contributed by atoms with E-state index in [0.29, 0.717) is 22.4 Å². The first-order valence-corrected chi connectivity index (χ1v) is 7.38. The van der Waals surface area contributed by atoms with Gasteiger partial charge in [0.25, 0.3) is 11.8 Å². The fraction of sp³-hybridized carbons (Fsp3) is 0.167. The Kier molecular flexibility index (Phi) is 4.07. The van der Waals surface area contributed by atoms with Gasteiger partial charge >= 0.3 is 0 Å². The second-order valence-corrected chi connectivity index (χ2v) is 5.47. The highest BCUT2D eigenvalue weighted by Crippen LogP contribution is 2.19. The van der Waals surface area contributed by atoms with Crippen LogP contribution in [0, 0.1) is 11.3 Å². The van der Waals surface area contributed by atoms with Gasteiger partial charge in [-0.25, -0.2) is 0 Å². The average molecular weight is 305 g/mol. The summed E-state index contributed by atoms with van der Waals surface area (Å²) < 4.78 is 0. The smallest absolute Gasteiger partial charge is 0.255 e. The van der Waals surface area contributed by atoms with Crippen LogP contribution in [0.5, 0.6) is 0 Å². The largest absolute Gasteiger partial charge is 0.349 e. The highest BCUT2D eigenvalue weighted by molar-refractivity contribution is 6.06. The third kappa shape index (κ3) is 3.74. The fourth-order valence-electron chi connectivity index (χ4n) is 2.13. The van der Waals surface area contributed by atoms with Crippen LogP contribution in [0.25, 0.3) is 0 Å². The maximum absolute atomic E-state index is 12.3. The summed E-state index contributed by atoms with van der Waals surface area (Å²) in [5.74, 6) is -0.448. The summed E-state index contributed by atoms with van der Waals surface area (Å²) in [5.41, 5.74) is 2.02. The number of amides is 2. The minimum Gasteiger partial charge on any atom is -0.349 e. The molecule has 3 rings (SSSR count). The third-order valence-electron chi connectivity index (χ3n) is 3.57. The number of rotatable bonds is 4. The standard InChI is InChI=1S/C18H15N3O2/c19-11-12-4-6-15(7-5-12)20-17(22)13-2-1-3-14(10-13)18(23)21-16-8-9-16/h1-7,10,16H,8-9H2,(H,20,22)(H,21,23). The van der Waals surface area contributed by atoms with E-state index in [9.17, 15) is 9.59 Å². The Labute approximate surface area is 133 Å². The summed E-state index contributed by atoms with van der Waals surface area (Å²) in [6.45, 7) is 0. The lowest BCUT2D eigenvalue weighted by molar-refractivity contribution is 0.0951. The van der Waals surface area contributed by atoms with Gasteiger partial charge in [0.1, 0.15) is 0 Å². The topological polar surface area (TPSA) is 82.0 Å². The molecular formula is C18H15N3O2. The maximum Gasteiger partial charge on any atom is 0.255 e. The molecule has 0 unspecified atom stereocenters. The van der Waals surface area contributed by atoms with E-state index in [1.54, 1.807) is 48.5 Å². The average Bonchev–Trinajstić information content (AvgIpc) is 3.39. The lowest BCUT2D eigenvalue weighted by Crippen LogP contribution is -2.25. The molecule has 0 heterocycles. The van der Waals surface area contributed by atoms with Crippen molar-refractivity contribution in [1.29, 1.82) is 5.26 Å². The summed E-state index contributed by atoms with van der Waals surface area (Å²) in [6.07, 6.45) is 2.04. The molecule has 1 aliphatic rings. The van der Waals surface area contributed by atoms with E-state index in [-0.39, 0.29) is 17.9 Å². The van der Waals surface area contributed by atoms with E-state index in [0.717, 1.165) is 12.8 Å². The number of nitrogens with one attached hydrogen (secondary N) is 2. The zero-order valence-electron chi connectivity index (χ0n) is 12.4. The summed E-state index contributed by atoms with van der Waals surface area (Å²) in [5, 5.41) is 14.4. The molecule has 0 radical (unpaired) electrons. The molecule has 1 saturated carbocycles. The van der Waals surface area contributed by atoms with Gasteiger partial charge in [-0.05, 0) is 55.3 Å². The molecule has 2 N–H and O–H groups in total. The molecule has 0 spiro atoms. The normalized spacial score (nSPS) is 13.0. The molecule has 1 fully saturated rings. The molecule has 5 nitrogen and oxygen atoms in total. The Hall–Kier alpha value is -3.13. The summed E-state index contributed by atoms with van der Waals surface area (Å²) in [7, 11) is 0. The van der Waals surface area contributed by atoms with Crippen LogP contribution in [0.1, 0.15) is 39.1 Å². The Morgan fingerprint density at radius 1 is 1.00 bits per heavy atom. The van der Waals surface area contributed by atoms with Crippen LogP contribution >= 0.6 is 0 Å². The molecule has 5 heteroatoms. The van der Waals surface area contributed by atoms with Gasteiger partial charge < -0.3 is 10.6 Å². The molecule has 2 amide bonds. The molecule has 0 bridgehead atoms. The van der Waals surface area contributed by atoms with Gasteiger partial charge in [-0.1, -0.05) is 6.07 Å². The minimum atomic E-state index is -0.296. The van der Waals surface area contributed by atoms with Gasteiger partial charge in [0.2, 0.25) is 0 Å². The Morgan fingerprint density at radius 2 is 1.65 bits per heavy atom. The molecule has 1 aliphatic carbocycles. The molecule has 0 aromatic heterocycles. The third-order valence-corrected chi connectivity index (χ3v) is 3.57. The van der Waals surface area contributed by atoms with Gasteiger partial charge in [0, 0.05) is 22.9 Å². The lowest BCUT2D eigenvalue weighted by atomic mass is 10.1. The van der Waals surface area contributed by atoms with Crippen molar-refractivity contribution in [3.63, 3.8) is 0 Å². The number of anilines is 1. The Balaban J connectivity index is 1.71. The van der Waals surface area contributed by atoms with Crippen LogP contribution in [0.2, 0.25) is 0 Å². The molecule has 0 atom stereocenters. The number of carbonyl (C=O) groups is 2. The van der Waals surface area contributed by atoms with Crippen molar-refractivity contribution in [1.82, 2.24) is 5.32 Å². The molecule has 114 valence electrons. The Bertz CT molecular complexity index is 787. The van der Waals surface area contributed by atoms with Crippen molar-refractivity contribution in [3.8, 4) is 6.07 Å². The molecular weight excluding hydrogens is 290 g/mol. The SMILES string of the molecule is N#Cc1ccc(NC(=O)c2cccc(C(=O)NC3CC3)c2)cc1. The van der Waals surface area contributed by atoms with Gasteiger partial charge in [-0.15, -0.1) is 0 Å². The van der Waals surface area contributed by atoms with E-state index < -0.39 is 0 Å². The van der Waals surface area contributed by atoms with E-state index in [1.807, 2.05) is 6.07 Å². The monoisotopic (exact) mass is 305 g/mol. The van der Waals surface area contributed by atoms with Gasteiger partial charge in [-0.2, -0.15) is 5.26 Å². The van der Waals surface area contributed by atoms with Gasteiger partial charge in [0.15, 0.2) is 0 Å². The van der Waals surface area contributed by atoms with E-state index in [4.69, 9.17) is 5.26 Å². The zero-order valence-corrected chi connectivity index (χ0v) is 12.4. The predicted octanol–water partition coefficient (Wildman–Crippen LogP) is 2.70. The molecule has 0 aliphatic heterocycles. The highest BCUT2D eigenvalue weighted by atomic mass is 16.2. The molecule has 23 heavy (non-hydrogen) atoms. The second-order valence-electron chi connectivity index (χ2n) is 5.47. The van der Waals surface area contributed by atoms with Gasteiger partial charge in [0.05, 0.1) is 11.6 Å². The van der Waals surface area contributed by atoms with Crippen molar-refractivity contribution >= 4 is 17.5 Å². The first-order valence-electron chi connectivity index (χ1n) is 7.38. The molecule has 0 saturated heterocycles. The number of nitrogens with zero attached hydrogens (tertiary/aromatic N) is 1. The van der Waals surface area contributed by atoms with Crippen LogP contribution in [0.4, 0.5) is 5.69 Å². The maximum atomic E-state index is 12.3. The molecule has 2 aromatic carbocycles. The minimum absolute atomic E-state index is 0.152. The quantitative estimate of drug-likeness (QED) is 0.911. The van der Waals surface area contributed by atoms with Crippen molar-refractivity contribution in [3.05, 3.63) is 65.2 Å². The number of benzene rings is 2. The highest BCUT2D eigenvalue weighted by Gasteiger charge is 2.24. The summed E-state index contributed by atoms with van der Waals surface area (Å²) in [4.78, 5) is 24.3. The molecule has 2 aromatic rings. The van der Waals surface area contributed by atoms with E-state index >= 15 is 0 Å².